The van der Waals surface area contributed by atoms with Crippen LogP contribution in [0.3, 0.4) is 0 Å². The average Bonchev–Trinajstić information content (AvgIpc) is 2.61. The van der Waals surface area contributed by atoms with Crippen LogP contribution in [0.5, 0.6) is 5.75 Å². The molecule has 0 saturated carbocycles. The van der Waals surface area contributed by atoms with Crippen molar-refractivity contribution in [2.24, 2.45) is 7.05 Å². The van der Waals surface area contributed by atoms with E-state index in [0.717, 1.165) is 11.3 Å². The van der Waals surface area contributed by atoms with E-state index in [1.54, 1.807) is 29.9 Å². The smallest absolute Gasteiger partial charge is 0.339 e. The molecule has 2 rings (SSSR count). The summed E-state index contributed by atoms with van der Waals surface area (Å²) in [5.74, 6) is -0.709. The fourth-order valence-corrected chi connectivity index (χ4v) is 1.99. The van der Waals surface area contributed by atoms with E-state index in [1.807, 2.05) is 6.92 Å². The van der Waals surface area contributed by atoms with E-state index in [1.165, 1.54) is 6.07 Å². The number of aryl methyl sites for hydroxylation is 2. The normalized spacial score (nSPS) is 10.5. The molecule has 0 saturated heterocycles. The van der Waals surface area contributed by atoms with Gasteiger partial charge < -0.3 is 9.84 Å². The van der Waals surface area contributed by atoms with Gasteiger partial charge >= 0.3 is 5.97 Å². The maximum Gasteiger partial charge on any atom is 0.339 e. The highest BCUT2D eigenvalue weighted by Gasteiger charge is 2.14. The molecule has 0 amide bonds. The summed E-state index contributed by atoms with van der Waals surface area (Å²) in [7, 11) is 1.74. The van der Waals surface area contributed by atoms with Crippen molar-refractivity contribution >= 4 is 17.6 Å². The zero-order valence-electron chi connectivity index (χ0n) is 10.6. The lowest BCUT2D eigenvalue weighted by molar-refractivity contribution is 0.0692. The number of halogens is 1. The first-order chi connectivity index (χ1) is 9.00. The van der Waals surface area contributed by atoms with E-state index in [2.05, 4.69) is 5.10 Å². The molecule has 0 atom stereocenters. The van der Waals surface area contributed by atoms with E-state index < -0.39 is 5.97 Å². The van der Waals surface area contributed by atoms with Crippen LogP contribution in [-0.4, -0.2) is 20.9 Å². The quantitative estimate of drug-likeness (QED) is 0.935. The number of carboxylic acids is 1. The molecule has 0 unspecified atom stereocenters. The Balaban J connectivity index is 2.22. The Hall–Kier alpha value is -2.01. The number of hydrogen-bond donors (Lipinski definition) is 1. The van der Waals surface area contributed by atoms with Crippen LogP contribution in [-0.2, 0) is 13.7 Å². The van der Waals surface area contributed by atoms with Crippen molar-refractivity contribution in [2.45, 2.75) is 13.5 Å². The summed E-state index contributed by atoms with van der Waals surface area (Å²) in [6.07, 6.45) is 0. The molecule has 1 aromatic heterocycles. The first-order valence-corrected chi connectivity index (χ1v) is 6.01. The predicted octanol–water partition coefficient (Wildman–Crippen LogP) is 2.66. The van der Waals surface area contributed by atoms with Crippen molar-refractivity contribution in [2.75, 3.05) is 0 Å². The third-order valence-electron chi connectivity index (χ3n) is 2.76. The maximum atomic E-state index is 11.0. The summed E-state index contributed by atoms with van der Waals surface area (Å²) < 4.78 is 7.10. The lowest BCUT2D eigenvalue weighted by Gasteiger charge is -2.08. The van der Waals surface area contributed by atoms with Crippen molar-refractivity contribution in [3.63, 3.8) is 0 Å². The molecule has 0 radical (unpaired) electrons. The molecule has 0 aliphatic rings. The third kappa shape index (κ3) is 2.71. The number of rotatable bonds is 4. The Morgan fingerprint density at radius 2 is 2.16 bits per heavy atom. The van der Waals surface area contributed by atoms with Gasteiger partial charge in [-0.25, -0.2) is 4.79 Å². The van der Waals surface area contributed by atoms with Crippen molar-refractivity contribution in [3.8, 4) is 5.75 Å². The van der Waals surface area contributed by atoms with E-state index >= 15 is 0 Å². The maximum absolute atomic E-state index is 11.0. The largest absolute Gasteiger partial charge is 0.488 e. The Labute approximate surface area is 115 Å². The van der Waals surface area contributed by atoms with E-state index in [0.29, 0.717) is 10.9 Å². The minimum absolute atomic E-state index is 0.125. The van der Waals surface area contributed by atoms with Gasteiger partial charge in [-0.05, 0) is 19.1 Å². The molecule has 5 nitrogen and oxygen atoms in total. The molecule has 19 heavy (non-hydrogen) atoms. The number of benzene rings is 1. The first-order valence-electron chi connectivity index (χ1n) is 5.63. The van der Waals surface area contributed by atoms with Crippen LogP contribution in [0, 0.1) is 6.92 Å². The minimum atomic E-state index is -1.02. The molecule has 0 aliphatic carbocycles. The van der Waals surface area contributed by atoms with Crippen LogP contribution in [0.25, 0.3) is 0 Å². The summed E-state index contributed by atoms with van der Waals surface area (Å²) in [5.41, 5.74) is 1.64. The number of ether oxygens (including phenoxy) is 1. The summed E-state index contributed by atoms with van der Waals surface area (Å²) in [4.78, 5) is 11.0. The second-order valence-electron chi connectivity index (χ2n) is 4.07. The molecule has 1 aromatic carbocycles. The van der Waals surface area contributed by atoms with Gasteiger partial charge in [0.15, 0.2) is 0 Å². The summed E-state index contributed by atoms with van der Waals surface area (Å²) in [5, 5.41) is 13.7. The molecule has 1 heterocycles. The Morgan fingerprint density at radius 1 is 1.47 bits per heavy atom. The number of carbonyl (C=O) groups is 1. The monoisotopic (exact) mass is 280 g/mol. The molecule has 0 fully saturated rings. The van der Waals surface area contributed by atoms with Gasteiger partial charge in [-0.3, -0.25) is 4.68 Å². The number of aromatic nitrogens is 2. The van der Waals surface area contributed by atoms with Gasteiger partial charge in [0.05, 0.1) is 5.69 Å². The fraction of sp³-hybridized carbons (Fsp3) is 0.231. The molecular weight excluding hydrogens is 268 g/mol. The number of aromatic carboxylic acids is 1. The van der Waals surface area contributed by atoms with Crippen LogP contribution in [0.4, 0.5) is 0 Å². The van der Waals surface area contributed by atoms with E-state index in [9.17, 15) is 4.79 Å². The molecule has 2 aromatic rings. The lowest BCUT2D eigenvalue weighted by atomic mass is 10.2. The topological polar surface area (TPSA) is 64.4 Å². The molecule has 0 aliphatic heterocycles. The van der Waals surface area contributed by atoms with Gasteiger partial charge in [-0.1, -0.05) is 23.7 Å². The fourth-order valence-electron chi connectivity index (χ4n) is 1.76. The zero-order chi connectivity index (χ0) is 14.0. The summed E-state index contributed by atoms with van der Waals surface area (Å²) in [6, 6.07) is 6.48. The molecule has 6 heteroatoms. The summed E-state index contributed by atoms with van der Waals surface area (Å²) >= 11 is 6.09. The minimum Gasteiger partial charge on any atom is -0.488 e. The Kier molecular flexibility index (Phi) is 3.76. The van der Waals surface area contributed by atoms with Crippen molar-refractivity contribution in [1.82, 2.24) is 9.78 Å². The highest BCUT2D eigenvalue weighted by atomic mass is 35.5. The van der Waals surface area contributed by atoms with Gasteiger partial charge in [0, 0.05) is 12.6 Å². The van der Waals surface area contributed by atoms with Crippen molar-refractivity contribution in [3.05, 3.63) is 46.2 Å². The predicted molar refractivity (Wildman–Crippen MR) is 70.7 cm³/mol. The highest BCUT2D eigenvalue weighted by molar-refractivity contribution is 6.30. The molecule has 0 spiro atoms. The van der Waals surface area contributed by atoms with Gasteiger partial charge in [0.1, 0.15) is 23.1 Å². The van der Waals surface area contributed by atoms with Crippen LogP contribution in [0.1, 0.15) is 21.6 Å². The Bertz CT molecular complexity index is 622. The van der Waals surface area contributed by atoms with E-state index in [-0.39, 0.29) is 12.2 Å². The SMILES string of the molecule is Cc1nn(C)c(Cl)c1COc1ccccc1C(=O)O. The molecule has 0 bridgehead atoms. The number of carboxylic acid groups (broad SMARTS) is 1. The lowest BCUT2D eigenvalue weighted by Crippen LogP contribution is -2.03. The molecule has 1 N–H and O–H groups in total. The van der Waals surface area contributed by atoms with Crippen LogP contribution in [0.15, 0.2) is 24.3 Å². The van der Waals surface area contributed by atoms with Gasteiger partial charge in [0.2, 0.25) is 0 Å². The van der Waals surface area contributed by atoms with Crippen molar-refractivity contribution < 1.29 is 14.6 Å². The zero-order valence-corrected chi connectivity index (χ0v) is 11.3. The second-order valence-corrected chi connectivity index (χ2v) is 4.43. The number of para-hydroxylation sites is 1. The Morgan fingerprint density at radius 3 is 2.74 bits per heavy atom. The third-order valence-corrected chi connectivity index (χ3v) is 3.23. The van der Waals surface area contributed by atoms with Crippen LogP contribution in [0.2, 0.25) is 5.15 Å². The first kappa shape index (κ1) is 13.4. The molecular formula is C13H13ClN2O3. The second kappa shape index (κ2) is 5.32. The number of hydrogen-bond acceptors (Lipinski definition) is 3. The van der Waals surface area contributed by atoms with Gasteiger partial charge in [-0.2, -0.15) is 5.10 Å². The van der Waals surface area contributed by atoms with Crippen LogP contribution >= 0.6 is 11.6 Å². The van der Waals surface area contributed by atoms with Crippen LogP contribution < -0.4 is 4.74 Å². The summed E-state index contributed by atoms with van der Waals surface area (Å²) in [6.45, 7) is 2.01. The highest BCUT2D eigenvalue weighted by Crippen LogP contribution is 2.23. The van der Waals surface area contributed by atoms with Gasteiger partial charge in [0.25, 0.3) is 0 Å². The molecule has 100 valence electrons. The van der Waals surface area contributed by atoms with Gasteiger partial charge in [-0.15, -0.1) is 0 Å². The standard InChI is InChI=1S/C13H13ClN2O3/c1-8-10(12(14)16(2)15-8)7-19-11-6-4-3-5-9(11)13(17)18/h3-6H,7H2,1-2H3,(H,17,18). The number of nitrogens with zero attached hydrogens (tertiary/aromatic N) is 2. The van der Waals surface area contributed by atoms with Crippen molar-refractivity contribution in [1.29, 1.82) is 0 Å². The average molecular weight is 281 g/mol. The van der Waals surface area contributed by atoms with E-state index in [4.69, 9.17) is 21.4 Å².